The molecule has 8 heteroatoms. The number of carbonyl (C=O) groups excluding carboxylic acids is 1. The molecule has 1 aliphatic carbocycles. The molecule has 2 aromatic carbocycles. The minimum Gasteiger partial charge on any atom is -0.462 e. The predicted molar refractivity (Wildman–Crippen MR) is 114 cm³/mol. The second-order valence-electron chi connectivity index (χ2n) is 6.82. The number of sulfonamides is 1. The average Bonchev–Trinajstić information content (AvgIpc) is 2.75. The number of hydrogen-bond donors (Lipinski definition) is 2. The Kier molecular flexibility index (Phi) is 6.75. The summed E-state index contributed by atoms with van der Waals surface area (Å²) in [5, 5.41) is 11.9. The van der Waals surface area contributed by atoms with E-state index in [9.17, 15) is 13.2 Å². The Hall–Kier alpha value is -3.31. The lowest BCUT2D eigenvalue weighted by Crippen LogP contribution is -2.15. The summed E-state index contributed by atoms with van der Waals surface area (Å²) >= 11 is 0. The number of anilines is 2. The quantitative estimate of drug-likeness (QED) is 0.397. The van der Waals surface area contributed by atoms with Gasteiger partial charge in [0.15, 0.2) is 5.57 Å². The molecule has 30 heavy (non-hydrogen) atoms. The van der Waals surface area contributed by atoms with Crippen LogP contribution >= 0.6 is 0 Å². The van der Waals surface area contributed by atoms with E-state index in [1.165, 1.54) is 11.8 Å². The van der Waals surface area contributed by atoms with Gasteiger partial charge in [-0.2, -0.15) is 5.26 Å². The molecule has 0 heterocycles. The fourth-order valence-electron chi connectivity index (χ4n) is 3.27. The SMILES string of the molecule is CCOC(=O)/C(C#N)=C/Nc1ccccc1NS(=O)(=O)c1ccc2c(c1)CCCC2. The van der Waals surface area contributed by atoms with Gasteiger partial charge in [0.2, 0.25) is 0 Å². The number of carbonyl (C=O) groups is 1. The maximum Gasteiger partial charge on any atom is 0.350 e. The fraction of sp³-hybridized carbons (Fsp3) is 0.273. The zero-order valence-corrected chi connectivity index (χ0v) is 17.5. The van der Waals surface area contributed by atoms with Crippen LogP contribution in [-0.2, 0) is 32.4 Å². The molecule has 7 nitrogen and oxygen atoms in total. The third-order valence-electron chi connectivity index (χ3n) is 4.79. The van der Waals surface area contributed by atoms with Gasteiger partial charge in [-0.05, 0) is 68.0 Å². The minimum absolute atomic E-state index is 0.148. The summed E-state index contributed by atoms with van der Waals surface area (Å²) in [4.78, 5) is 12.0. The maximum absolute atomic E-state index is 12.9. The van der Waals surface area contributed by atoms with E-state index in [-0.39, 0.29) is 17.1 Å². The van der Waals surface area contributed by atoms with Crippen molar-refractivity contribution in [1.82, 2.24) is 0 Å². The van der Waals surface area contributed by atoms with E-state index in [0.29, 0.717) is 11.4 Å². The summed E-state index contributed by atoms with van der Waals surface area (Å²) in [6.45, 7) is 1.79. The molecule has 156 valence electrons. The molecule has 3 rings (SSSR count). The molecule has 0 fully saturated rings. The number of para-hydroxylation sites is 2. The largest absolute Gasteiger partial charge is 0.462 e. The van der Waals surface area contributed by atoms with Crippen molar-refractivity contribution in [2.45, 2.75) is 37.5 Å². The van der Waals surface area contributed by atoms with Crippen LogP contribution < -0.4 is 10.0 Å². The number of nitriles is 1. The van der Waals surface area contributed by atoms with Crippen molar-refractivity contribution >= 4 is 27.4 Å². The number of esters is 1. The van der Waals surface area contributed by atoms with Gasteiger partial charge in [0.1, 0.15) is 6.07 Å². The maximum atomic E-state index is 12.9. The number of aryl methyl sites for hydroxylation is 2. The molecule has 0 spiro atoms. The molecule has 0 bridgehead atoms. The first-order valence-corrected chi connectivity index (χ1v) is 11.2. The zero-order valence-electron chi connectivity index (χ0n) is 16.6. The lowest BCUT2D eigenvalue weighted by atomic mass is 9.92. The van der Waals surface area contributed by atoms with Gasteiger partial charge in [0, 0.05) is 6.20 Å². The molecule has 0 atom stereocenters. The third kappa shape index (κ3) is 4.99. The van der Waals surface area contributed by atoms with Crippen molar-refractivity contribution in [1.29, 1.82) is 5.26 Å². The first-order chi connectivity index (χ1) is 14.4. The topological polar surface area (TPSA) is 108 Å². The highest BCUT2D eigenvalue weighted by Gasteiger charge is 2.19. The monoisotopic (exact) mass is 425 g/mol. The van der Waals surface area contributed by atoms with Crippen molar-refractivity contribution in [2.24, 2.45) is 0 Å². The molecular formula is C22H23N3O4S. The number of rotatable bonds is 7. The van der Waals surface area contributed by atoms with Gasteiger partial charge in [-0.25, -0.2) is 13.2 Å². The van der Waals surface area contributed by atoms with Crippen LogP contribution in [0.2, 0.25) is 0 Å². The summed E-state index contributed by atoms with van der Waals surface area (Å²) in [5.74, 6) is -0.750. The summed E-state index contributed by atoms with van der Waals surface area (Å²) in [6, 6.07) is 13.6. The van der Waals surface area contributed by atoms with Crippen LogP contribution in [0.1, 0.15) is 30.9 Å². The van der Waals surface area contributed by atoms with Crippen LogP contribution in [0.5, 0.6) is 0 Å². The van der Waals surface area contributed by atoms with E-state index in [2.05, 4.69) is 10.0 Å². The van der Waals surface area contributed by atoms with Gasteiger partial charge in [-0.1, -0.05) is 18.2 Å². The highest BCUT2D eigenvalue weighted by Crippen LogP contribution is 2.28. The number of nitrogens with one attached hydrogen (secondary N) is 2. The predicted octanol–water partition coefficient (Wildman–Crippen LogP) is 3.75. The summed E-state index contributed by atoms with van der Waals surface area (Å²) in [7, 11) is -3.81. The van der Waals surface area contributed by atoms with E-state index < -0.39 is 16.0 Å². The highest BCUT2D eigenvalue weighted by molar-refractivity contribution is 7.92. The smallest absolute Gasteiger partial charge is 0.350 e. The van der Waals surface area contributed by atoms with Gasteiger partial charge in [-0.15, -0.1) is 0 Å². The van der Waals surface area contributed by atoms with E-state index in [1.807, 2.05) is 6.07 Å². The van der Waals surface area contributed by atoms with Crippen molar-refractivity contribution in [2.75, 3.05) is 16.6 Å². The number of benzene rings is 2. The summed E-state index contributed by atoms with van der Waals surface area (Å²) in [6.07, 6.45) is 5.24. The molecule has 0 aliphatic heterocycles. The number of ether oxygens (including phenoxy) is 1. The molecule has 0 saturated heterocycles. The van der Waals surface area contributed by atoms with Crippen LogP contribution in [0.3, 0.4) is 0 Å². The lowest BCUT2D eigenvalue weighted by molar-refractivity contribution is -0.138. The summed E-state index contributed by atoms with van der Waals surface area (Å²) < 4.78 is 33.3. The third-order valence-corrected chi connectivity index (χ3v) is 6.15. The molecule has 2 aromatic rings. The van der Waals surface area contributed by atoms with Crippen LogP contribution in [-0.4, -0.2) is 21.0 Å². The normalized spacial score (nSPS) is 13.7. The molecular weight excluding hydrogens is 402 g/mol. The Balaban J connectivity index is 1.84. The number of fused-ring (bicyclic) bond motifs is 1. The zero-order chi connectivity index (χ0) is 21.6. The van der Waals surface area contributed by atoms with Gasteiger partial charge in [-0.3, -0.25) is 4.72 Å². The lowest BCUT2D eigenvalue weighted by Gasteiger charge is -2.17. The van der Waals surface area contributed by atoms with Gasteiger partial charge < -0.3 is 10.1 Å². The molecule has 2 N–H and O–H groups in total. The van der Waals surface area contributed by atoms with Gasteiger partial charge >= 0.3 is 5.97 Å². The van der Waals surface area contributed by atoms with Crippen LogP contribution in [0.4, 0.5) is 11.4 Å². The first kappa shape index (κ1) is 21.4. The van der Waals surface area contributed by atoms with Crippen LogP contribution in [0.15, 0.2) is 59.1 Å². The van der Waals surface area contributed by atoms with Crippen LogP contribution in [0.25, 0.3) is 0 Å². The highest BCUT2D eigenvalue weighted by atomic mass is 32.2. The van der Waals surface area contributed by atoms with E-state index in [0.717, 1.165) is 31.2 Å². The van der Waals surface area contributed by atoms with E-state index >= 15 is 0 Å². The molecule has 1 aliphatic rings. The van der Waals surface area contributed by atoms with E-state index in [1.54, 1.807) is 49.4 Å². The second kappa shape index (κ2) is 9.46. The number of hydrogen-bond acceptors (Lipinski definition) is 6. The first-order valence-electron chi connectivity index (χ1n) is 9.72. The number of nitrogens with zero attached hydrogens (tertiary/aromatic N) is 1. The Labute approximate surface area is 176 Å². The fourth-order valence-corrected chi connectivity index (χ4v) is 4.40. The summed E-state index contributed by atoms with van der Waals surface area (Å²) in [5.41, 5.74) is 2.76. The molecule has 0 amide bonds. The van der Waals surface area contributed by atoms with Crippen LogP contribution in [0, 0.1) is 11.3 Å². The second-order valence-corrected chi connectivity index (χ2v) is 8.51. The van der Waals surface area contributed by atoms with Crippen molar-refractivity contribution in [3.8, 4) is 6.07 Å². The van der Waals surface area contributed by atoms with E-state index in [4.69, 9.17) is 10.00 Å². The molecule has 0 aromatic heterocycles. The molecule has 0 unspecified atom stereocenters. The minimum atomic E-state index is -3.81. The standard InChI is InChI=1S/C22H23N3O4S/c1-2-29-22(26)18(14-23)15-24-20-9-5-6-10-21(20)25-30(27,28)19-12-11-16-7-3-4-8-17(16)13-19/h5-6,9-13,15,24-25H,2-4,7-8H2,1H3/b18-15+. The van der Waals surface area contributed by atoms with Crippen molar-refractivity contribution in [3.05, 3.63) is 65.4 Å². The van der Waals surface area contributed by atoms with Crippen molar-refractivity contribution < 1.29 is 17.9 Å². The van der Waals surface area contributed by atoms with Crippen molar-refractivity contribution in [3.63, 3.8) is 0 Å². The molecule has 0 radical (unpaired) electrons. The Morgan fingerprint density at radius 3 is 2.53 bits per heavy atom. The Bertz CT molecular complexity index is 1120. The Morgan fingerprint density at radius 1 is 1.13 bits per heavy atom. The van der Waals surface area contributed by atoms with Gasteiger partial charge in [0.05, 0.1) is 22.9 Å². The van der Waals surface area contributed by atoms with Gasteiger partial charge in [0.25, 0.3) is 10.0 Å². The average molecular weight is 426 g/mol. The molecule has 0 saturated carbocycles. The Morgan fingerprint density at radius 2 is 1.83 bits per heavy atom.